The number of nitrogens with two attached hydrogens (primary N) is 1. The maximum Gasteiger partial charge on any atom is 0.147 e. The number of hydrogen-bond acceptors (Lipinski definition) is 3. The van der Waals surface area contributed by atoms with Gasteiger partial charge >= 0.3 is 0 Å². The first-order chi connectivity index (χ1) is 7.14. The number of rotatable bonds is 6. The summed E-state index contributed by atoms with van der Waals surface area (Å²) >= 11 is 0. The van der Waals surface area contributed by atoms with Crippen molar-refractivity contribution in [1.82, 2.24) is 0 Å². The van der Waals surface area contributed by atoms with Crippen LogP contribution in [-0.2, 0) is 16.1 Å². The van der Waals surface area contributed by atoms with Crippen LogP contribution in [0.5, 0.6) is 0 Å². The van der Waals surface area contributed by atoms with Crippen molar-refractivity contribution in [3.8, 4) is 0 Å². The van der Waals surface area contributed by atoms with Crippen LogP contribution in [0.4, 0.5) is 0 Å². The fourth-order valence-electron chi connectivity index (χ4n) is 0.994. The Morgan fingerprint density at radius 2 is 1.87 bits per heavy atom. The molecule has 0 saturated carbocycles. The smallest absolute Gasteiger partial charge is 0.147 e. The van der Waals surface area contributed by atoms with Crippen molar-refractivity contribution in [3.63, 3.8) is 0 Å². The van der Waals surface area contributed by atoms with Gasteiger partial charge in [0, 0.05) is 6.54 Å². The normalized spacial score (nSPS) is 11.7. The molecule has 0 amide bonds. The van der Waals surface area contributed by atoms with Crippen molar-refractivity contribution in [1.29, 1.82) is 0 Å². The molecule has 0 saturated heterocycles. The Labute approximate surface area is 91.2 Å². The summed E-state index contributed by atoms with van der Waals surface area (Å²) in [6, 6.07) is 10.0. The van der Waals surface area contributed by atoms with Gasteiger partial charge in [0.2, 0.25) is 0 Å². The van der Waals surface area contributed by atoms with E-state index in [1.807, 2.05) is 44.2 Å². The Hall–Kier alpha value is -0.900. The van der Waals surface area contributed by atoms with Crippen LogP contribution in [0.1, 0.15) is 19.4 Å². The van der Waals surface area contributed by atoms with E-state index in [4.69, 9.17) is 15.2 Å². The van der Waals surface area contributed by atoms with E-state index in [1.165, 1.54) is 0 Å². The number of benzene rings is 1. The molecule has 0 atom stereocenters. The molecule has 3 heteroatoms. The lowest BCUT2D eigenvalue weighted by atomic mass is 10.1. The van der Waals surface area contributed by atoms with E-state index in [2.05, 4.69) is 0 Å². The molecule has 0 bridgehead atoms. The van der Waals surface area contributed by atoms with Crippen LogP contribution in [0, 0.1) is 0 Å². The van der Waals surface area contributed by atoms with Crippen LogP contribution in [0.2, 0.25) is 0 Å². The number of ether oxygens (including phenoxy) is 2. The molecule has 1 aromatic rings. The van der Waals surface area contributed by atoms with Gasteiger partial charge in [-0.2, -0.15) is 0 Å². The van der Waals surface area contributed by atoms with Crippen molar-refractivity contribution in [2.75, 3.05) is 13.3 Å². The third kappa shape index (κ3) is 4.93. The summed E-state index contributed by atoms with van der Waals surface area (Å²) in [6.07, 6.45) is 0. The maximum absolute atomic E-state index is 5.52. The highest BCUT2D eigenvalue weighted by atomic mass is 16.7. The van der Waals surface area contributed by atoms with Gasteiger partial charge in [-0.15, -0.1) is 0 Å². The molecule has 0 radical (unpaired) electrons. The Morgan fingerprint density at radius 1 is 1.20 bits per heavy atom. The first-order valence-electron chi connectivity index (χ1n) is 5.10. The lowest BCUT2D eigenvalue weighted by molar-refractivity contribution is -0.128. The van der Waals surface area contributed by atoms with Crippen molar-refractivity contribution in [2.45, 2.75) is 26.1 Å². The Bertz CT molecular complexity index is 272. The molecule has 0 spiro atoms. The van der Waals surface area contributed by atoms with Crippen molar-refractivity contribution in [2.24, 2.45) is 5.73 Å². The zero-order valence-electron chi connectivity index (χ0n) is 9.40. The zero-order chi connectivity index (χ0) is 11.1. The van der Waals surface area contributed by atoms with Crippen LogP contribution in [-0.4, -0.2) is 18.9 Å². The van der Waals surface area contributed by atoms with Gasteiger partial charge in [-0.3, -0.25) is 0 Å². The lowest BCUT2D eigenvalue weighted by Gasteiger charge is -2.22. The topological polar surface area (TPSA) is 44.5 Å². The molecule has 0 aliphatic heterocycles. The van der Waals surface area contributed by atoms with E-state index < -0.39 is 0 Å². The second-order valence-corrected chi connectivity index (χ2v) is 4.06. The van der Waals surface area contributed by atoms with Crippen molar-refractivity contribution < 1.29 is 9.47 Å². The molecule has 1 rings (SSSR count). The fourth-order valence-corrected chi connectivity index (χ4v) is 0.994. The van der Waals surface area contributed by atoms with E-state index in [-0.39, 0.29) is 12.4 Å². The van der Waals surface area contributed by atoms with Crippen LogP contribution in [0.25, 0.3) is 0 Å². The first kappa shape index (κ1) is 12.2. The molecular weight excluding hydrogens is 190 g/mol. The van der Waals surface area contributed by atoms with Crippen molar-refractivity contribution >= 4 is 0 Å². The molecular formula is C12H19NO2. The van der Waals surface area contributed by atoms with Gasteiger partial charge in [-0.05, 0) is 19.4 Å². The van der Waals surface area contributed by atoms with Crippen molar-refractivity contribution in [3.05, 3.63) is 35.9 Å². The van der Waals surface area contributed by atoms with E-state index >= 15 is 0 Å². The molecule has 0 aliphatic rings. The summed E-state index contributed by atoms with van der Waals surface area (Å²) in [4.78, 5) is 0. The largest absolute Gasteiger partial charge is 0.351 e. The second-order valence-electron chi connectivity index (χ2n) is 4.06. The molecule has 15 heavy (non-hydrogen) atoms. The van der Waals surface area contributed by atoms with Crippen LogP contribution >= 0.6 is 0 Å². The Balaban J connectivity index is 2.18. The fraction of sp³-hybridized carbons (Fsp3) is 0.500. The predicted octanol–water partition coefficient (Wildman–Crippen LogP) is 1.91. The summed E-state index contributed by atoms with van der Waals surface area (Å²) < 4.78 is 10.8. The Morgan fingerprint density at radius 3 is 2.47 bits per heavy atom. The van der Waals surface area contributed by atoms with Gasteiger partial charge < -0.3 is 15.2 Å². The second kappa shape index (κ2) is 5.85. The molecule has 3 nitrogen and oxygen atoms in total. The molecule has 0 unspecified atom stereocenters. The van der Waals surface area contributed by atoms with Crippen LogP contribution in [0.15, 0.2) is 30.3 Å². The lowest BCUT2D eigenvalue weighted by Crippen LogP contribution is -2.34. The molecule has 0 aliphatic carbocycles. The van der Waals surface area contributed by atoms with E-state index in [9.17, 15) is 0 Å². The van der Waals surface area contributed by atoms with Gasteiger partial charge in [0.15, 0.2) is 0 Å². The standard InChI is InChI=1S/C12H19NO2/c1-12(2,9-13)15-10-14-8-11-6-4-3-5-7-11/h3-7H,8-10,13H2,1-2H3. The quantitative estimate of drug-likeness (QED) is 0.575. The molecule has 2 N–H and O–H groups in total. The minimum atomic E-state index is -0.309. The summed E-state index contributed by atoms with van der Waals surface area (Å²) in [5.74, 6) is 0. The third-order valence-corrected chi connectivity index (χ3v) is 2.14. The minimum Gasteiger partial charge on any atom is -0.351 e. The maximum atomic E-state index is 5.52. The highest BCUT2D eigenvalue weighted by Crippen LogP contribution is 2.07. The van der Waals surface area contributed by atoms with E-state index in [0.717, 1.165) is 5.56 Å². The summed E-state index contributed by atoms with van der Waals surface area (Å²) in [5, 5.41) is 0. The summed E-state index contributed by atoms with van der Waals surface area (Å²) in [7, 11) is 0. The average molecular weight is 209 g/mol. The minimum absolute atomic E-state index is 0.277. The predicted molar refractivity (Wildman–Crippen MR) is 60.3 cm³/mol. The van der Waals surface area contributed by atoms with E-state index in [1.54, 1.807) is 0 Å². The van der Waals surface area contributed by atoms with Gasteiger partial charge in [-0.1, -0.05) is 30.3 Å². The monoisotopic (exact) mass is 209 g/mol. The molecule has 1 aromatic carbocycles. The third-order valence-electron chi connectivity index (χ3n) is 2.14. The van der Waals surface area contributed by atoms with Crippen LogP contribution < -0.4 is 5.73 Å². The van der Waals surface area contributed by atoms with Crippen LogP contribution in [0.3, 0.4) is 0 Å². The zero-order valence-corrected chi connectivity index (χ0v) is 9.40. The van der Waals surface area contributed by atoms with Gasteiger partial charge in [0.05, 0.1) is 12.2 Å². The number of hydrogen-bond donors (Lipinski definition) is 1. The Kier molecular flexibility index (Phi) is 4.75. The van der Waals surface area contributed by atoms with Gasteiger partial charge in [0.25, 0.3) is 0 Å². The summed E-state index contributed by atoms with van der Waals surface area (Å²) in [6.45, 7) is 5.22. The van der Waals surface area contributed by atoms with Gasteiger partial charge in [-0.25, -0.2) is 0 Å². The molecule has 0 fully saturated rings. The van der Waals surface area contributed by atoms with E-state index in [0.29, 0.717) is 13.2 Å². The highest BCUT2D eigenvalue weighted by molar-refractivity contribution is 5.13. The average Bonchev–Trinajstić information content (AvgIpc) is 2.26. The molecule has 0 aromatic heterocycles. The SMILES string of the molecule is CC(C)(CN)OCOCc1ccccc1. The van der Waals surface area contributed by atoms with Gasteiger partial charge in [0.1, 0.15) is 6.79 Å². The first-order valence-corrected chi connectivity index (χ1v) is 5.10. The molecule has 0 heterocycles. The molecule has 84 valence electrons. The summed E-state index contributed by atoms with van der Waals surface area (Å²) in [5.41, 5.74) is 6.36. The highest BCUT2D eigenvalue weighted by Gasteiger charge is 2.15.